The molecule has 4 nitrogen and oxygen atoms in total. The first-order chi connectivity index (χ1) is 12.1. The van der Waals surface area contributed by atoms with Gasteiger partial charge in [-0.05, 0) is 70.1 Å². The number of aromatic nitrogens is 2. The number of hydrogen-bond donors (Lipinski definition) is 2. The molecule has 0 saturated carbocycles. The van der Waals surface area contributed by atoms with Gasteiger partial charge in [0.1, 0.15) is 5.82 Å². The number of rotatable bonds is 6. The maximum Gasteiger partial charge on any atom is 0.229 e. The van der Waals surface area contributed by atoms with E-state index in [1.807, 2.05) is 13.0 Å². The summed E-state index contributed by atoms with van der Waals surface area (Å²) in [6.07, 6.45) is 8.68. The van der Waals surface area contributed by atoms with Gasteiger partial charge in [0.15, 0.2) is 0 Å². The van der Waals surface area contributed by atoms with Gasteiger partial charge in [-0.3, -0.25) is 0 Å². The minimum absolute atomic E-state index is 0.646. The predicted octanol–water partition coefficient (Wildman–Crippen LogP) is 5.45. The molecule has 132 valence electrons. The number of allylic oxidation sites excluding steroid dienone is 1. The van der Waals surface area contributed by atoms with Gasteiger partial charge < -0.3 is 10.6 Å². The molecular weight excluding hydrogens is 308 g/mol. The van der Waals surface area contributed by atoms with Gasteiger partial charge in [-0.25, -0.2) is 4.98 Å². The molecule has 2 aromatic rings. The highest BCUT2D eigenvalue weighted by molar-refractivity contribution is 5.61. The monoisotopic (exact) mass is 336 g/mol. The molecule has 0 atom stereocenters. The smallest absolute Gasteiger partial charge is 0.229 e. The quantitative estimate of drug-likeness (QED) is 0.689. The Balaban J connectivity index is 1.65. The van der Waals surface area contributed by atoms with Crippen molar-refractivity contribution in [3.05, 3.63) is 52.7 Å². The van der Waals surface area contributed by atoms with Crippen molar-refractivity contribution in [2.45, 2.75) is 52.9 Å². The molecule has 0 unspecified atom stereocenters. The summed E-state index contributed by atoms with van der Waals surface area (Å²) >= 11 is 0. The lowest BCUT2D eigenvalue weighted by atomic mass is 9.97. The van der Waals surface area contributed by atoms with E-state index >= 15 is 0 Å². The lowest BCUT2D eigenvalue weighted by Crippen LogP contribution is -2.08. The second-order valence-electron chi connectivity index (χ2n) is 6.88. The van der Waals surface area contributed by atoms with Gasteiger partial charge in [-0.1, -0.05) is 23.8 Å². The van der Waals surface area contributed by atoms with E-state index in [9.17, 15) is 0 Å². The number of aryl methyl sites for hydroxylation is 2. The molecule has 1 aliphatic carbocycles. The van der Waals surface area contributed by atoms with Crippen molar-refractivity contribution in [2.24, 2.45) is 0 Å². The third kappa shape index (κ3) is 4.81. The third-order valence-corrected chi connectivity index (χ3v) is 4.84. The van der Waals surface area contributed by atoms with Gasteiger partial charge >= 0.3 is 0 Å². The molecule has 1 heterocycles. The standard InChI is InChI=1S/C21H28N4/c1-15-8-7-11-19(17(15)3)24-21-23-16(2)14-20(25-21)22-13-12-18-9-5-4-6-10-18/h7-9,11,14H,4-6,10,12-13H2,1-3H3,(H2,22,23,24,25). The molecule has 3 rings (SSSR count). The Morgan fingerprint density at radius 1 is 1.08 bits per heavy atom. The lowest BCUT2D eigenvalue weighted by Gasteiger charge is -2.14. The summed E-state index contributed by atoms with van der Waals surface area (Å²) in [5.41, 5.74) is 6.09. The molecule has 0 aliphatic heterocycles. The molecule has 0 radical (unpaired) electrons. The first-order valence-electron chi connectivity index (χ1n) is 9.22. The van der Waals surface area contributed by atoms with E-state index in [0.717, 1.165) is 30.2 Å². The summed E-state index contributed by atoms with van der Waals surface area (Å²) in [5.74, 6) is 1.53. The van der Waals surface area contributed by atoms with E-state index in [1.54, 1.807) is 5.57 Å². The van der Waals surface area contributed by atoms with Crippen LogP contribution in [-0.4, -0.2) is 16.5 Å². The summed E-state index contributed by atoms with van der Waals surface area (Å²) in [7, 11) is 0. The van der Waals surface area contributed by atoms with Gasteiger partial charge in [-0.15, -0.1) is 0 Å². The van der Waals surface area contributed by atoms with Crippen LogP contribution in [0.2, 0.25) is 0 Å². The highest BCUT2D eigenvalue weighted by atomic mass is 15.1. The molecule has 0 spiro atoms. The molecule has 1 aliphatic rings. The van der Waals surface area contributed by atoms with E-state index in [2.05, 4.69) is 58.7 Å². The highest BCUT2D eigenvalue weighted by Crippen LogP contribution is 2.23. The summed E-state index contributed by atoms with van der Waals surface area (Å²) in [4.78, 5) is 9.15. The second kappa shape index (κ2) is 8.15. The Morgan fingerprint density at radius 2 is 1.96 bits per heavy atom. The molecule has 0 amide bonds. The van der Waals surface area contributed by atoms with Gasteiger partial charge in [0, 0.05) is 24.0 Å². The van der Waals surface area contributed by atoms with Crippen molar-refractivity contribution in [1.82, 2.24) is 9.97 Å². The number of anilines is 3. The van der Waals surface area contributed by atoms with Crippen LogP contribution in [0.4, 0.5) is 17.5 Å². The highest BCUT2D eigenvalue weighted by Gasteiger charge is 2.07. The van der Waals surface area contributed by atoms with Gasteiger partial charge in [0.05, 0.1) is 0 Å². The summed E-state index contributed by atoms with van der Waals surface area (Å²) in [6.45, 7) is 7.16. The minimum atomic E-state index is 0.646. The topological polar surface area (TPSA) is 49.8 Å². The molecule has 2 N–H and O–H groups in total. The molecule has 0 fully saturated rings. The molecule has 0 bridgehead atoms. The molecular formula is C21H28N4. The fourth-order valence-electron chi connectivity index (χ4n) is 3.20. The van der Waals surface area contributed by atoms with Crippen LogP contribution in [0.25, 0.3) is 0 Å². The average Bonchev–Trinajstić information content (AvgIpc) is 2.59. The first kappa shape index (κ1) is 17.5. The van der Waals surface area contributed by atoms with Crippen LogP contribution < -0.4 is 10.6 Å². The van der Waals surface area contributed by atoms with Gasteiger partial charge in [0.2, 0.25) is 5.95 Å². The second-order valence-corrected chi connectivity index (χ2v) is 6.88. The van der Waals surface area contributed by atoms with Crippen LogP contribution in [-0.2, 0) is 0 Å². The van der Waals surface area contributed by atoms with Crippen LogP contribution >= 0.6 is 0 Å². The molecule has 4 heteroatoms. The van der Waals surface area contributed by atoms with E-state index in [0.29, 0.717) is 5.95 Å². The maximum absolute atomic E-state index is 4.63. The zero-order chi connectivity index (χ0) is 17.6. The minimum Gasteiger partial charge on any atom is -0.370 e. The summed E-state index contributed by atoms with van der Waals surface area (Å²) < 4.78 is 0. The average molecular weight is 336 g/mol. The van der Waals surface area contributed by atoms with Crippen molar-refractivity contribution in [2.75, 3.05) is 17.2 Å². The van der Waals surface area contributed by atoms with Crippen molar-refractivity contribution >= 4 is 17.5 Å². The van der Waals surface area contributed by atoms with Crippen molar-refractivity contribution < 1.29 is 0 Å². The molecule has 25 heavy (non-hydrogen) atoms. The summed E-state index contributed by atoms with van der Waals surface area (Å²) in [5, 5.41) is 6.81. The Bertz CT molecular complexity index is 764. The van der Waals surface area contributed by atoms with Crippen molar-refractivity contribution in [3.8, 4) is 0 Å². The fraction of sp³-hybridized carbons (Fsp3) is 0.429. The Labute approximate surface area is 150 Å². The van der Waals surface area contributed by atoms with Crippen LogP contribution in [0.5, 0.6) is 0 Å². The predicted molar refractivity (Wildman–Crippen MR) is 106 cm³/mol. The maximum atomic E-state index is 4.63. The first-order valence-corrected chi connectivity index (χ1v) is 9.22. The van der Waals surface area contributed by atoms with E-state index in [1.165, 1.54) is 36.8 Å². The van der Waals surface area contributed by atoms with Crippen LogP contribution in [0.15, 0.2) is 35.9 Å². The van der Waals surface area contributed by atoms with Gasteiger partial charge in [0.25, 0.3) is 0 Å². The third-order valence-electron chi connectivity index (χ3n) is 4.84. The Morgan fingerprint density at radius 3 is 2.76 bits per heavy atom. The van der Waals surface area contributed by atoms with Crippen LogP contribution in [0.3, 0.4) is 0 Å². The van der Waals surface area contributed by atoms with Crippen molar-refractivity contribution in [3.63, 3.8) is 0 Å². The normalized spacial score (nSPS) is 14.1. The zero-order valence-corrected chi connectivity index (χ0v) is 15.5. The van der Waals surface area contributed by atoms with Crippen LogP contribution in [0, 0.1) is 20.8 Å². The van der Waals surface area contributed by atoms with E-state index in [4.69, 9.17) is 0 Å². The number of benzene rings is 1. The molecule has 0 saturated heterocycles. The zero-order valence-electron chi connectivity index (χ0n) is 15.5. The van der Waals surface area contributed by atoms with E-state index < -0.39 is 0 Å². The Hall–Kier alpha value is -2.36. The largest absolute Gasteiger partial charge is 0.370 e. The number of hydrogen-bond acceptors (Lipinski definition) is 4. The lowest BCUT2D eigenvalue weighted by molar-refractivity contribution is 0.679. The number of nitrogens with zero attached hydrogens (tertiary/aromatic N) is 2. The van der Waals surface area contributed by atoms with Crippen LogP contribution in [0.1, 0.15) is 48.9 Å². The molecule has 1 aromatic heterocycles. The summed E-state index contributed by atoms with van der Waals surface area (Å²) in [6, 6.07) is 8.24. The number of nitrogens with one attached hydrogen (secondary N) is 2. The fourth-order valence-corrected chi connectivity index (χ4v) is 3.20. The van der Waals surface area contributed by atoms with E-state index in [-0.39, 0.29) is 0 Å². The Kier molecular flexibility index (Phi) is 5.69. The SMILES string of the molecule is Cc1cc(NCCC2=CCCCC2)nc(Nc2cccc(C)c2C)n1. The van der Waals surface area contributed by atoms with Gasteiger partial charge in [-0.2, -0.15) is 4.98 Å². The van der Waals surface area contributed by atoms with Crippen molar-refractivity contribution in [1.29, 1.82) is 0 Å². The molecule has 1 aromatic carbocycles.